The third kappa shape index (κ3) is 4.88. The van der Waals surface area contributed by atoms with Crippen LogP contribution in [0.5, 0.6) is 0 Å². The number of alkyl halides is 22. The minimum absolute atomic E-state index is 2.54. The molecule has 0 aromatic heterocycles. The van der Waals surface area contributed by atoms with Crippen LogP contribution < -0.4 is 0 Å². The van der Waals surface area contributed by atoms with Gasteiger partial charge < -0.3 is 4.74 Å². The summed E-state index contributed by atoms with van der Waals surface area (Å²) in [7, 11) is 0. The Morgan fingerprint density at radius 2 is 0.486 bits per heavy atom. The van der Waals surface area contributed by atoms with E-state index in [2.05, 4.69) is 4.74 Å². The minimum Gasteiger partial charge on any atom is -0.368 e. The third-order valence-corrected chi connectivity index (χ3v) is 3.77. The van der Waals surface area contributed by atoms with Crippen molar-refractivity contribution < 1.29 is 101 Å². The number of ether oxygens (including phenoxy) is 1. The molecular weight excluding hydrogens is 578 g/mol. The van der Waals surface area contributed by atoms with Crippen LogP contribution in [0.4, 0.5) is 96.6 Å². The van der Waals surface area contributed by atoms with E-state index in [0.29, 0.717) is 0 Å². The number of hydrogen-bond acceptors (Lipinski definition) is 1. The monoisotopic (exact) mass is 582 g/mol. The Bertz CT molecular complexity index is 679. The SMILES string of the molecule is FC(F)(F)C(F)(F)C(F)(F)C(F)(F)C(F)(F)COCC(F)(F)C(F)(F)C(F)(F)C(F)(F)C(F)(F)F. The average Bonchev–Trinajstić information content (AvgIpc) is 2.58. The second-order valence-corrected chi connectivity index (χ2v) is 6.34. The standard InChI is InChI=1S/C12H4F22O/c13-3(14,5(17,18)7(21,22)9(25,26)11(29,30)31)1-35-2-4(15,16)6(19,20)8(23,24)10(27,28)12(32,33)34/h1-2H2. The molecule has 23 heteroatoms. The molecule has 35 heavy (non-hydrogen) atoms. The molecule has 0 saturated carbocycles. The Kier molecular flexibility index (Phi) is 8.10. The average molecular weight is 582 g/mol. The zero-order chi connectivity index (χ0) is 29.1. The topological polar surface area (TPSA) is 9.23 Å². The van der Waals surface area contributed by atoms with Gasteiger partial charge in [-0.25, -0.2) is 0 Å². The Morgan fingerprint density at radius 1 is 0.286 bits per heavy atom. The molecular formula is C12H4F22O. The fourth-order valence-corrected chi connectivity index (χ4v) is 1.70. The molecule has 0 aliphatic carbocycles. The molecule has 0 unspecified atom stereocenters. The normalized spacial score (nSPS) is 16.6. The molecule has 0 aromatic carbocycles. The van der Waals surface area contributed by atoms with Crippen LogP contribution in [0, 0.1) is 0 Å². The molecule has 1 nitrogen and oxygen atoms in total. The molecule has 0 heterocycles. The molecule has 0 aromatic rings. The maximum atomic E-state index is 13.2. The van der Waals surface area contributed by atoms with E-state index < -0.39 is 72.9 Å². The third-order valence-electron chi connectivity index (χ3n) is 3.77. The fraction of sp³-hybridized carbons (Fsp3) is 1.00. The summed E-state index contributed by atoms with van der Waals surface area (Å²) in [6.45, 7) is -7.92. The van der Waals surface area contributed by atoms with Crippen LogP contribution in [0.3, 0.4) is 0 Å². The van der Waals surface area contributed by atoms with Gasteiger partial charge in [0.2, 0.25) is 0 Å². The van der Waals surface area contributed by atoms with E-state index in [1.807, 2.05) is 0 Å². The molecule has 0 spiro atoms. The number of halogens is 22. The second kappa shape index (κ2) is 8.48. The van der Waals surface area contributed by atoms with Gasteiger partial charge in [0.25, 0.3) is 0 Å². The van der Waals surface area contributed by atoms with Gasteiger partial charge in [0.05, 0.1) is 0 Å². The van der Waals surface area contributed by atoms with Crippen LogP contribution in [0.15, 0.2) is 0 Å². The fourth-order valence-electron chi connectivity index (χ4n) is 1.70. The molecule has 212 valence electrons. The van der Waals surface area contributed by atoms with Gasteiger partial charge >= 0.3 is 59.7 Å². The van der Waals surface area contributed by atoms with Gasteiger partial charge in [-0.3, -0.25) is 0 Å². The number of rotatable bonds is 10. The maximum Gasteiger partial charge on any atom is 0.460 e. The van der Waals surface area contributed by atoms with Crippen LogP contribution in [-0.2, 0) is 4.74 Å². The Balaban J connectivity index is 5.95. The highest BCUT2D eigenvalue weighted by atomic mass is 19.4. The van der Waals surface area contributed by atoms with Gasteiger partial charge in [-0.1, -0.05) is 0 Å². The van der Waals surface area contributed by atoms with Crippen molar-refractivity contribution in [3.63, 3.8) is 0 Å². The molecule has 0 N–H and O–H groups in total. The first-order valence-corrected chi connectivity index (χ1v) is 7.44. The Hall–Kier alpha value is -1.58. The van der Waals surface area contributed by atoms with Gasteiger partial charge in [0, 0.05) is 0 Å². The van der Waals surface area contributed by atoms with E-state index >= 15 is 0 Å². The summed E-state index contributed by atoms with van der Waals surface area (Å²) in [4.78, 5) is 0. The van der Waals surface area contributed by atoms with E-state index in [-0.39, 0.29) is 0 Å². The zero-order valence-electron chi connectivity index (χ0n) is 15.1. The molecule has 0 rings (SSSR count). The van der Waals surface area contributed by atoms with Crippen LogP contribution in [0.25, 0.3) is 0 Å². The van der Waals surface area contributed by atoms with Crippen LogP contribution >= 0.6 is 0 Å². The predicted molar refractivity (Wildman–Crippen MR) is 62.5 cm³/mol. The second-order valence-electron chi connectivity index (χ2n) is 6.34. The van der Waals surface area contributed by atoms with E-state index in [1.165, 1.54) is 0 Å². The summed E-state index contributed by atoms with van der Waals surface area (Å²) in [6.07, 6.45) is -15.3. The van der Waals surface area contributed by atoms with Crippen LogP contribution in [0.2, 0.25) is 0 Å². The summed E-state index contributed by atoms with van der Waals surface area (Å²) >= 11 is 0. The summed E-state index contributed by atoms with van der Waals surface area (Å²) in [5.41, 5.74) is 0. The molecule has 0 aliphatic rings. The van der Waals surface area contributed by atoms with Gasteiger partial charge in [0.15, 0.2) is 0 Å². The van der Waals surface area contributed by atoms with E-state index in [0.717, 1.165) is 0 Å². The van der Waals surface area contributed by atoms with Gasteiger partial charge in [-0.2, -0.15) is 96.6 Å². The maximum absolute atomic E-state index is 13.2. The van der Waals surface area contributed by atoms with Crippen molar-refractivity contribution in [2.45, 2.75) is 59.7 Å². The van der Waals surface area contributed by atoms with Crippen molar-refractivity contribution in [1.82, 2.24) is 0 Å². The predicted octanol–water partition coefficient (Wildman–Crippen LogP) is 7.21. The smallest absolute Gasteiger partial charge is 0.368 e. The van der Waals surface area contributed by atoms with Crippen molar-refractivity contribution in [2.75, 3.05) is 13.2 Å². The van der Waals surface area contributed by atoms with Crippen molar-refractivity contribution in [2.24, 2.45) is 0 Å². The summed E-state index contributed by atoms with van der Waals surface area (Å²) in [5.74, 6) is -62.2. The lowest BCUT2D eigenvalue weighted by Crippen LogP contribution is -2.68. The van der Waals surface area contributed by atoms with Crippen molar-refractivity contribution >= 4 is 0 Å². The van der Waals surface area contributed by atoms with Gasteiger partial charge in [-0.15, -0.1) is 0 Å². The number of hydrogen-bond donors (Lipinski definition) is 0. The summed E-state index contributed by atoms with van der Waals surface area (Å²) in [5, 5.41) is 0. The van der Waals surface area contributed by atoms with Crippen molar-refractivity contribution in [3.05, 3.63) is 0 Å². The highest BCUT2D eigenvalue weighted by Crippen LogP contribution is 2.59. The van der Waals surface area contributed by atoms with Crippen molar-refractivity contribution in [3.8, 4) is 0 Å². The van der Waals surface area contributed by atoms with E-state index in [4.69, 9.17) is 0 Å². The zero-order valence-corrected chi connectivity index (χ0v) is 15.1. The first-order valence-electron chi connectivity index (χ1n) is 7.44. The quantitative estimate of drug-likeness (QED) is 0.248. The highest BCUT2D eigenvalue weighted by Gasteiger charge is 2.88. The summed E-state index contributed by atoms with van der Waals surface area (Å²) in [6, 6.07) is 0. The first kappa shape index (κ1) is 33.4. The molecule has 0 radical (unpaired) electrons. The van der Waals surface area contributed by atoms with Crippen LogP contribution in [-0.4, -0.2) is 72.9 Å². The van der Waals surface area contributed by atoms with Gasteiger partial charge in [0.1, 0.15) is 13.2 Å². The Morgan fingerprint density at radius 3 is 0.657 bits per heavy atom. The highest BCUT2D eigenvalue weighted by molar-refractivity contribution is 5.08. The lowest BCUT2D eigenvalue weighted by Gasteiger charge is -2.38. The Labute approximate surface area is 176 Å². The first-order chi connectivity index (χ1) is 14.7. The van der Waals surface area contributed by atoms with Crippen molar-refractivity contribution in [1.29, 1.82) is 0 Å². The molecule has 0 amide bonds. The lowest BCUT2D eigenvalue weighted by molar-refractivity contribution is -0.430. The van der Waals surface area contributed by atoms with Crippen LogP contribution in [0.1, 0.15) is 0 Å². The molecule has 0 fully saturated rings. The molecule has 0 bridgehead atoms. The largest absolute Gasteiger partial charge is 0.460 e. The van der Waals surface area contributed by atoms with E-state index in [9.17, 15) is 96.6 Å². The van der Waals surface area contributed by atoms with E-state index in [1.54, 1.807) is 0 Å². The van der Waals surface area contributed by atoms with Gasteiger partial charge in [-0.05, 0) is 0 Å². The minimum atomic E-state index is -8.11. The molecule has 0 aliphatic heterocycles. The lowest BCUT2D eigenvalue weighted by atomic mass is 9.98. The summed E-state index contributed by atoms with van der Waals surface area (Å²) < 4.78 is 280. The molecule has 0 atom stereocenters. The molecule has 0 saturated heterocycles.